The van der Waals surface area contributed by atoms with Crippen molar-refractivity contribution in [2.45, 2.75) is 13.3 Å². The van der Waals surface area contributed by atoms with Gasteiger partial charge in [0, 0.05) is 10.6 Å². The fourth-order valence-electron chi connectivity index (χ4n) is 1.05. The van der Waals surface area contributed by atoms with E-state index in [1.165, 1.54) is 18.2 Å². The van der Waals surface area contributed by atoms with Crippen LogP contribution in [0.15, 0.2) is 18.2 Å². The largest absolute Gasteiger partial charge is 0.466 e. The summed E-state index contributed by atoms with van der Waals surface area (Å²) in [6, 6.07) is 4.09. The SMILES string of the molecule is CCOC(=O)Cc1cc(Cl)ccc1F. The summed E-state index contributed by atoms with van der Waals surface area (Å²) < 4.78 is 17.8. The molecule has 0 aliphatic rings. The topological polar surface area (TPSA) is 26.3 Å². The van der Waals surface area contributed by atoms with Gasteiger partial charge in [0.1, 0.15) is 5.82 Å². The third-order valence-corrected chi connectivity index (χ3v) is 1.88. The van der Waals surface area contributed by atoms with Gasteiger partial charge in [-0.1, -0.05) is 11.6 Å². The van der Waals surface area contributed by atoms with Crippen LogP contribution in [0.4, 0.5) is 4.39 Å². The highest BCUT2D eigenvalue weighted by atomic mass is 35.5. The van der Waals surface area contributed by atoms with E-state index < -0.39 is 11.8 Å². The average molecular weight is 217 g/mol. The van der Waals surface area contributed by atoms with Gasteiger partial charge in [0.25, 0.3) is 0 Å². The minimum atomic E-state index is -0.450. The minimum Gasteiger partial charge on any atom is -0.466 e. The summed E-state index contributed by atoms with van der Waals surface area (Å²) in [7, 11) is 0. The maximum absolute atomic E-state index is 13.1. The Morgan fingerprint density at radius 1 is 1.57 bits per heavy atom. The van der Waals surface area contributed by atoms with Crippen LogP contribution in [-0.4, -0.2) is 12.6 Å². The first-order valence-electron chi connectivity index (χ1n) is 4.23. The molecule has 1 aromatic carbocycles. The summed E-state index contributed by atoms with van der Waals surface area (Å²) in [6.45, 7) is 1.99. The van der Waals surface area contributed by atoms with Gasteiger partial charge in [-0.2, -0.15) is 0 Å². The lowest BCUT2D eigenvalue weighted by Crippen LogP contribution is -2.08. The smallest absolute Gasteiger partial charge is 0.310 e. The molecule has 0 atom stereocenters. The van der Waals surface area contributed by atoms with Gasteiger partial charge in [-0.15, -0.1) is 0 Å². The van der Waals surface area contributed by atoms with Crippen LogP contribution in [0.5, 0.6) is 0 Å². The van der Waals surface area contributed by atoms with E-state index in [0.29, 0.717) is 11.6 Å². The first-order chi connectivity index (χ1) is 6.63. The molecule has 14 heavy (non-hydrogen) atoms. The van der Waals surface area contributed by atoms with Gasteiger partial charge in [-0.3, -0.25) is 4.79 Å². The van der Waals surface area contributed by atoms with Gasteiger partial charge in [-0.25, -0.2) is 4.39 Å². The number of benzene rings is 1. The summed E-state index contributed by atoms with van der Waals surface area (Å²) in [5.74, 6) is -0.892. The molecule has 0 saturated carbocycles. The zero-order chi connectivity index (χ0) is 10.6. The molecule has 0 spiro atoms. The fourth-order valence-corrected chi connectivity index (χ4v) is 1.24. The molecular weight excluding hydrogens is 207 g/mol. The van der Waals surface area contributed by atoms with E-state index in [2.05, 4.69) is 0 Å². The lowest BCUT2D eigenvalue weighted by Gasteiger charge is -2.03. The van der Waals surface area contributed by atoms with Crippen molar-refractivity contribution in [1.82, 2.24) is 0 Å². The quantitative estimate of drug-likeness (QED) is 0.726. The van der Waals surface area contributed by atoms with Gasteiger partial charge in [-0.05, 0) is 25.1 Å². The number of halogens is 2. The summed E-state index contributed by atoms with van der Waals surface area (Å²) in [6.07, 6.45) is -0.0831. The van der Waals surface area contributed by atoms with E-state index >= 15 is 0 Å². The molecule has 1 rings (SSSR count). The third-order valence-electron chi connectivity index (χ3n) is 1.65. The Labute approximate surface area is 86.6 Å². The zero-order valence-electron chi connectivity index (χ0n) is 7.72. The lowest BCUT2D eigenvalue weighted by atomic mass is 10.1. The average Bonchev–Trinajstić information content (AvgIpc) is 2.12. The molecule has 2 nitrogen and oxygen atoms in total. The molecule has 0 aliphatic carbocycles. The second-order valence-electron chi connectivity index (χ2n) is 2.72. The van der Waals surface area contributed by atoms with Crippen LogP contribution in [0.25, 0.3) is 0 Å². The van der Waals surface area contributed by atoms with Crippen molar-refractivity contribution in [2.24, 2.45) is 0 Å². The lowest BCUT2D eigenvalue weighted by molar-refractivity contribution is -0.142. The number of rotatable bonds is 3. The molecule has 4 heteroatoms. The van der Waals surface area contributed by atoms with Crippen molar-refractivity contribution in [3.63, 3.8) is 0 Å². The van der Waals surface area contributed by atoms with Crippen LogP contribution in [0.3, 0.4) is 0 Å². The molecule has 0 amide bonds. The van der Waals surface area contributed by atoms with Crippen LogP contribution in [0, 0.1) is 5.82 Å². The van der Waals surface area contributed by atoms with Crippen molar-refractivity contribution in [3.8, 4) is 0 Å². The van der Waals surface area contributed by atoms with E-state index in [9.17, 15) is 9.18 Å². The Bertz CT molecular complexity index is 339. The first kappa shape index (κ1) is 11.0. The predicted molar refractivity (Wildman–Crippen MR) is 51.7 cm³/mol. The number of esters is 1. The van der Waals surface area contributed by atoms with Crippen molar-refractivity contribution in [2.75, 3.05) is 6.61 Å². The number of hydrogen-bond donors (Lipinski definition) is 0. The van der Waals surface area contributed by atoms with E-state index in [1.807, 2.05) is 0 Å². The summed E-state index contributed by atoms with van der Waals surface area (Å²) in [4.78, 5) is 11.0. The van der Waals surface area contributed by atoms with Gasteiger partial charge in [0.15, 0.2) is 0 Å². The number of ether oxygens (including phenoxy) is 1. The standard InChI is InChI=1S/C10H10ClFO2/c1-2-14-10(13)6-7-5-8(11)3-4-9(7)12/h3-5H,2,6H2,1H3. The fraction of sp³-hybridized carbons (Fsp3) is 0.300. The summed E-state index contributed by atoms with van der Waals surface area (Å²) in [5, 5.41) is 0.408. The highest BCUT2D eigenvalue weighted by Gasteiger charge is 2.09. The highest BCUT2D eigenvalue weighted by Crippen LogP contribution is 2.15. The molecule has 0 heterocycles. The number of carbonyl (C=O) groups is 1. The number of hydrogen-bond acceptors (Lipinski definition) is 2. The minimum absolute atomic E-state index is 0.0831. The van der Waals surface area contributed by atoms with Crippen LogP contribution >= 0.6 is 11.6 Å². The van der Waals surface area contributed by atoms with Crippen molar-refractivity contribution in [1.29, 1.82) is 0 Å². The molecule has 0 N–H and O–H groups in total. The van der Waals surface area contributed by atoms with E-state index in [0.717, 1.165) is 0 Å². The molecule has 0 fully saturated rings. The molecule has 0 aromatic heterocycles. The summed E-state index contributed by atoms with van der Waals surface area (Å²) >= 11 is 5.66. The molecule has 0 bridgehead atoms. The molecule has 0 unspecified atom stereocenters. The van der Waals surface area contributed by atoms with E-state index in [-0.39, 0.29) is 12.0 Å². The Morgan fingerprint density at radius 2 is 2.29 bits per heavy atom. The van der Waals surface area contributed by atoms with Crippen molar-refractivity contribution in [3.05, 3.63) is 34.6 Å². The van der Waals surface area contributed by atoms with E-state index in [1.54, 1.807) is 6.92 Å². The molecule has 76 valence electrons. The second kappa shape index (κ2) is 4.96. The molecule has 0 aliphatic heterocycles. The Hall–Kier alpha value is -1.09. The van der Waals surface area contributed by atoms with Crippen LogP contribution < -0.4 is 0 Å². The van der Waals surface area contributed by atoms with Crippen LogP contribution in [0.2, 0.25) is 5.02 Å². The Morgan fingerprint density at radius 3 is 2.93 bits per heavy atom. The van der Waals surface area contributed by atoms with Gasteiger partial charge in [0.2, 0.25) is 0 Å². The highest BCUT2D eigenvalue weighted by molar-refractivity contribution is 6.30. The van der Waals surface area contributed by atoms with Gasteiger partial charge < -0.3 is 4.74 Å². The normalized spacial score (nSPS) is 9.93. The summed E-state index contributed by atoms with van der Waals surface area (Å²) in [5.41, 5.74) is 0.260. The van der Waals surface area contributed by atoms with Gasteiger partial charge >= 0.3 is 5.97 Å². The zero-order valence-corrected chi connectivity index (χ0v) is 8.47. The molecule has 0 radical (unpaired) electrons. The van der Waals surface area contributed by atoms with E-state index in [4.69, 9.17) is 16.3 Å². The molecule has 1 aromatic rings. The second-order valence-corrected chi connectivity index (χ2v) is 3.15. The monoisotopic (exact) mass is 216 g/mol. The third kappa shape index (κ3) is 3.00. The predicted octanol–water partition coefficient (Wildman–Crippen LogP) is 2.58. The van der Waals surface area contributed by atoms with Gasteiger partial charge in [0.05, 0.1) is 13.0 Å². The first-order valence-corrected chi connectivity index (χ1v) is 4.61. The van der Waals surface area contributed by atoms with Crippen molar-refractivity contribution < 1.29 is 13.9 Å². The maximum Gasteiger partial charge on any atom is 0.310 e. The number of carbonyl (C=O) groups excluding carboxylic acids is 1. The van der Waals surface area contributed by atoms with Crippen molar-refractivity contribution >= 4 is 17.6 Å². The maximum atomic E-state index is 13.1. The Kier molecular flexibility index (Phi) is 3.89. The molecule has 0 saturated heterocycles. The molecular formula is C10H10ClFO2. The van der Waals surface area contributed by atoms with Crippen LogP contribution in [0.1, 0.15) is 12.5 Å². The van der Waals surface area contributed by atoms with Crippen LogP contribution in [-0.2, 0) is 16.0 Å². The Balaban J connectivity index is 2.75.